The molecule has 0 aromatic carbocycles. The van der Waals surface area contributed by atoms with E-state index in [1.54, 1.807) is 6.92 Å². The minimum absolute atomic E-state index is 0.718. The topological polar surface area (TPSA) is 50.7 Å². The molecule has 0 aromatic rings. The van der Waals surface area contributed by atoms with Crippen LogP contribution in [0.1, 0.15) is 6.92 Å². The summed E-state index contributed by atoms with van der Waals surface area (Å²) in [5, 5.41) is 12.5. The highest BCUT2D eigenvalue weighted by Crippen LogP contribution is 1.89. The molecule has 4 heteroatoms. The Kier molecular flexibility index (Phi) is 3.64. The average molecular weight is 117 g/mol. The molecule has 0 heterocycles. The maximum Gasteiger partial charge on any atom is 0.107 e. The van der Waals surface area contributed by atoms with E-state index >= 15 is 0 Å². The van der Waals surface area contributed by atoms with Crippen molar-refractivity contribution in [1.82, 2.24) is 0 Å². The van der Waals surface area contributed by atoms with Crippen LogP contribution in [0.2, 0.25) is 0 Å². The molecule has 40 valence electrons. The zero-order chi connectivity index (χ0) is 5.70. The summed E-state index contributed by atoms with van der Waals surface area (Å²) in [7, 11) is 0. The highest BCUT2D eigenvalue weighted by Gasteiger charge is 1.79. The Hall–Kier alpha value is -0.350. The van der Waals surface area contributed by atoms with Gasteiger partial charge in [0.05, 0.1) is 0 Å². The van der Waals surface area contributed by atoms with Crippen LogP contribution in [-0.2, 0) is 0 Å². The lowest BCUT2D eigenvalue weighted by Crippen LogP contribution is -1.86. The summed E-state index contributed by atoms with van der Waals surface area (Å²) in [5.41, 5.74) is 0. The minimum atomic E-state index is 0.718. The molecule has 0 radical (unpaired) electrons. The summed E-state index contributed by atoms with van der Waals surface area (Å²) in [5.74, 6) is 0. The number of hydrogen-bond acceptors (Lipinski definition) is 4. The van der Waals surface area contributed by atoms with Crippen molar-refractivity contribution >= 4 is 23.7 Å². The summed E-state index contributed by atoms with van der Waals surface area (Å²) >= 11 is 1.07. The van der Waals surface area contributed by atoms with Gasteiger partial charge in [-0.05, 0) is 18.9 Å². The van der Waals surface area contributed by atoms with Crippen molar-refractivity contribution in [2.45, 2.75) is 6.92 Å². The van der Waals surface area contributed by atoms with E-state index in [1.165, 1.54) is 0 Å². The number of hydrogen-bond donors (Lipinski definition) is 1. The zero-order valence-corrected chi connectivity index (χ0v) is 4.90. The van der Waals surface area contributed by atoms with Gasteiger partial charge in [0.1, 0.15) is 5.04 Å². The van der Waals surface area contributed by atoms with E-state index in [0.717, 1.165) is 17.0 Å². The minimum Gasteiger partial charge on any atom is -0.273 e. The lowest BCUT2D eigenvalue weighted by molar-refractivity contribution is 1.27. The molecule has 0 aliphatic carbocycles. The Morgan fingerprint density at radius 2 is 2.43 bits per heavy atom. The third-order valence-electron chi connectivity index (χ3n) is 0.382. The van der Waals surface area contributed by atoms with Gasteiger partial charge in [-0.1, -0.05) is 0 Å². The fourth-order valence-electron chi connectivity index (χ4n) is 0.123. The first kappa shape index (κ1) is 6.65. The first-order valence-corrected chi connectivity index (χ1v) is 2.56. The second kappa shape index (κ2) is 3.83. The van der Waals surface area contributed by atoms with Gasteiger partial charge >= 0.3 is 0 Å². The molecule has 3 nitrogen and oxygen atoms in total. The van der Waals surface area contributed by atoms with E-state index in [1.807, 2.05) is 0 Å². The third kappa shape index (κ3) is 3.48. The van der Waals surface area contributed by atoms with Crippen LogP contribution in [0.25, 0.3) is 0 Å². The highest BCUT2D eigenvalue weighted by atomic mass is 32.2. The highest BCUT2D eigenvalue weighted by molar-refractivity contribution is 8.11. The largest absolute Gasteiger partial charge is 0.273 e. The fraction of sp³-hybridized carbons (Fsp3) is 0.333. The molecule has 0 aliphatic heterocycles. The summed E-state index contributed by atoms with van der Waals surface area (Å²) < 4.78 is 0. The Morgan fingerprint density at radius 3 is 2.57 bits per heavy atom. The van der Waals surface area contributed by atoms with E-state index in [-0.39, 0.29) is 0 Å². The number of nitrogens with zero attached hydrogens (tertiary/aromatic N) is 2. The lowest BCUT2D eigenvalue weighted by atomic mass is 10.9. The van der Waals surface area contributed by atoms with Crippen molar-refractivity contribution in [2.75, 3.05) is 0 Å². The predicted octanol–water partition coefficient (Wildman–Crippen LogP) is 0.627. The normalized spacial score (nSPS) is 11.4. The molecule has 2 N–H and O–H groups in total. The Bertz CT molecular complexity index is 88.2. The molecule has 0 amide bonds. The maximum absolute atomic E-state index is 5.06. The van der Waals surface area contributed by atoms with Gasteiger partial charge < -0.3 is 0 Å². The van der Waals surface area contributed by atoms with Gasteiger partial charge in [-0.3, -0.25) is 5.14 Å². The first-order chi connectivity index (χ1) is 3.31. The van der Waals surface area contributed by atoms with Crippen molar-refractivity contribution in [2.24, 2.45) is 15.3 Å². The molecular weight excluding hydrogens is 110 g/mol. The van der Waals surface area contributed by atoms with Gasteiger partial charge in [-0.2, -0.15) is 5.10 Å². The molecule has 0 saturated heterocycles. The van der Waals surface area contributed by atoms with E-state index < -0.39 is 0 Å². The number of nitrogens with two attached hydrogens (primary N) is 1. The van der Waals surface area contributed by atoms with Crippen LogP contribution in [0.5, 0.6) is 0 Å². The molecular formula is C3H7N3S. The quantitative estimate of drug-likeness (QED) is 0.237. The molecule has 7 heavy (non-hydrogen) atoms. The van der Waals surface area contributed by atoms with Gasteiger partial charge in [-0.15, -0.1) is 5.10 Å². The lowest BCUT2D eigenvalue weighted by Gasteiger charge is -1.83. The van der Waals surface area contributed by atoms with Crippen molar-refractivity contribution in [1.29, 1.82) is 0 Å². The first-order valence-electron chi connectivity index (χ1n) is 1.68. The van der Waals surface area contributed by atoms with Crippen LogP contribution in [-0.4, -0.2) is 11.8 Å². The Labute approximate surface area is 46.8 Å². The fourth-order valence-corrected chi connectivity index (χ4v) is 0.228. The maximum atomic E-state index is 5.06. The van der Waals surface area contributed by atoms with Crippen LogP contribution >= 0.6 is 11.9 Å². The van der Waals surface area contributed by atoms with Gasteiger partial charge in [0, 0.05) is 6.72 Å². The Morgan fingerprint density at radius 1 is 1.86 bits per heavy atom. The molecule has 0 atom stereocenters. The van der Waals surface area contributed by atoms with E-state index in [0.29, 0.717) is 0 Å². The molecule has 0 fully saturated rings. The Balaban J connectivity index is 3.49. The van der Waals surface area contributed by atoms with Crippen LogP contribution < -0.4 is 5.14 Å². The van der Waals surface area contributed by atoms with E-state index in [4.69, 9.17) is 5.14 Å². The van der Waals surface area contributed by atoms with Gasteiger partial charge in [0.2, 0.25) is 0 Å². The smallest absolute Gasteiger partial charge is 0.107 e. The van der Waals surface area contributed by atoms with Crippen LogP contribution in [0.3, 0.4) is 0 Å². The van der Waals surface area contributed by atoms with Gasteiger partial charge in [-0.25, -0.2) is 0 Å². The average Bonchev–Trinajstić information content (AvgIpc) is 1.68. The van der Waals surface area contributed by atoms with Crippen molar-refractivity contribution in [3.8, 4) is 0 Å². The molecule has 0 aliphatic rings. The molecule has 0 spiro atoms. The van der Waals surface area contributed by atoms with Crippen molar-refractivity contribution in [3.63, 3.8) is 0 Å². The molecule has 0 rings (SSSR count). The van der Waals surface area contributed by atoms with E-state index in [9.17, 15) is 0 Å². The van der Waals surface area contributed by atoms with Crippen molar-refractivity contribution in [3.05, 3.63) is 0 Å². The molecule has 0 saturated carbocycles. The monoisotopic (exact) mass is 117 g/mol. The zero-order valence-electron chi connectivity index (χ0n) is 4.09. The van der Waals surface area contributed by atoms with Crippen LogP contribution in [0.15, 0.2) is 10.2 Å². The molecule has 0 unspecified atom stereocenters. The molecule has 0 aromatic heterocycles. The summed E-state index contributed by atoms with van der Waals surface area (Å²) in [6, 6.07) is 0. The standard InChI is InChI=1S/C3H7N3S/c1-3(7-4)6-5-2/h2,4H2,1H3/b6-3-. The summed E-state index contributed by atoms with van der Waals surface area (Å²) in [6.07, 6.45) is 0. The van der Waals surface area contributed by atoms with Gasteiger partial charge in [0.25, 0.3) is 0 Å². The third-order valence-corrected chi connectivity index (χ3v) is 0.805. The van der Waals surface area contributed by atoms with Gasteiger partial charge in [0.15, 0.2) is 0 Å². The molecule has 0 bridgehead atoms. The second-order valence-electron chi connectivity index (χ2n) is 0.878. The summed E-state index contributed by atoms with van der Waals surface area (Å²) in [4.78, 5) is 0. The second-order valence-corrected chi connectivity index (χ2v) is 1.70. The van der Waals surface area contributed by atoms with Crippen LogP contribution in [0.4, 0.5) is 0 Å². The van der Waals surface area contributed by atoms with E-state index in [2.05, 4.69) is 16.9 Å². The van der Waals surface area contributed by atoms with Crippen LogP contribution in [0, 0.1) is 0 Å². The predicted molar refractivity (Wildman–Crippen MR) is 34.4 cm³/mol. The summed E-state index contributed by atoms with van der Waals surface area (Å²) in [6.45, 7) is 4.91. The van der Waals surface area contributed by atoms with Crippen molar-refractivity contribution < 1.29 is 0 Å². The SMILES string of the molecule is C=N/N=C(/C)SN. The number of rotatable bonds is 1.